The molecular weight excluding hydrogens is 479 g/mol. The summed E-state index contributed by atoms with van der Waals surface area (Å²) in [6.07, 6.45) is 3.47. The van der Waals surface area contributed by atoms with E-state index in [4.69, 9.17) is 4.74 Å². The lowest BCUT2D eigenvalue weighted by Gasteiger charge is -2.56. The van der Waals surface area contributed by atoms with Crippen LogP contribution in [0.2, 0.25) is 0 Å². The summed E-state index contributed by atoms with van der Waals surface area (Å²) in [6.45, 7) is 0.130. The predicted octanol–water partition coefficient (Wildman–Crippen LogP) is 4.76. The maximum atomic E-state index is 13.4. The second kappa shape index (κ2) is 7.70. The number of fused-ring (bicyclic) bond motifs is 3. The van der Waals surface area contributed by atoms with Crippen LogP contribution in [0.15, 0.2) is 53.7 Å². The van der Waals surface area contributed by atoms with Crippen LogP contribution >= 0.6 is 0 Å². The third-order valence-corrected chi connectivity index (χ3v) is 8.96. The van der Waals surface area contributed by atoms with Crippen LogP contribution in [0.5, 0.6) is 5.75 Å². The molecule has 3 aromatic rings. The maximum Gasteiger partial charge on any atom is 0.395 e. The van der Waals surface area contributed by atoms with E-state index in [2.05, 4.69) is 4.98 Å². The Morgan fingerprint density at radius 1 is 1.09 bits per heavy atom. The van der Waals surface area contributed by atoms with Gasteiger partial charge in [0.25, 0.3) is 0 Å². The molecule has 2 saturated carbocycles. The lowest BCUT2D eigenvalue weighted by molar-refractivity contribution is -0.205. The van der Waals surface area contributed by atoms with Crippen molar-refractivity contribution in [1.29, 1.82) is 0 Å². The molecule has 1 aromatic carbocycles. The zero-order valence-electron chi connectivity index (χ0n) is 19.2. The van der Waals surface area contributed by atoms with Gasteiger partial charge >= 0.3 is 6.18 Å². The fourth-order valence-electron chi connectivity index (χ4n) is 5.63. The van der Waals surface area contributed by atoms with Gasteiger partial charge in [-0.3, -0.25) is 4.90 Å². The Morgan fingerprint density at radius 3 is 2.43 bits per heavy atom. The maximum absolute atomic E-state index is 13.4. The molecule has 186 valence electrons. The van der Waals surface area contributed by atoms with Gasteiger partial charge in [-0.25, -0.2) is 13.4 Å². The lowest BCUT2D eigenvalue weighted by atomic mass is 9.77. The van der Waals surface area contributed by atoms with Crippen LogP contribution in [-0.4, -0.2) is 60.0 Å². The first-order valence-corrected chi connectivity index (χ1v) is 13.7. The summed E-state index contributed by atoms with van der Waals surface area (Å²) in [5, 5.41) is 0.805. The average Bonchev–Trinajstić information content (AvgIpc) is 3.49. The van der Waals surface area contributed by atoms with Crippen LogP contribution in [-0.2, 0) is 9.84 Å². The first-order valence-electron chi connectivity index (χ1n) is 11.8. The number of halogens is 3. The Hall–Kier alpha value is -2.59. The average molecular weight is 506 g/mol. The smallest absolute Gasteiger partial charge is 0.395 e. The Morgan fingerprint density at radius 2 is 1.83 bits per heavy atom. The van der Waals surface area contributed by atoms with Gasteiger partial charge in [0.05, 0.1) is 22.0 Å². The Labute approximate surface area is 201 Å². The van der Waals surface area contributed by atoms with E-state index in [0.717, 1.165) is 30.2 Å². The number of benzene rings is 1. The van der Waals surface area contributed by atoms with Gasteiger partial charge in [0.2, 0.25) is 0 Å². The minimum Gasteiger partial charge on any atom is -0.489 e. The number of aromatic nitrogens is 2. The second-order valence-corrected chi connectivity index (χ2v) is 12.3. The first kappa shape index (κ1) is 22.8. The van der Waals surface area contributed by atoms with E-state index >= 15 is 0 Å². The molecule has 4 heterocycles. The number of rotatable bonds is 6. The van der Waals surface area contributed by atoms with Crippen molar-refractivity contribution in [2.75, 3.05) is 12.8 Å². The number of hydrogen-bond donors (Lipinski definition) is 0. The lowest BCUT2D eigenvalue weighted by Crippen LogP contribution is -2.64. The molecule has 7 rings (SSSR count). The monoisotopic (exact) mass is 505 g/mol. The van der Waals surface area contributed by atoms with E-state index in [1.165, 1.54) is 6.26 Å². The summed E-state index contributed by atoms with van der Waals surface area (Å²) in [7, 11) is -3.28. The molecule has 2 atom stereocenters. The number of sulfone groups is 1. The molecular formula is C25H26F3N3O3S. The molecule has 35 heavy (non-hydrogen) atoms. The summed E-state index contributed by atoms with van der Waals surface area (Å²) in [4.78, 5) is 6.84. The largest absolute Gasteiger partial charge is 0.489 e. The molecule has 10 heteroatoms. The number of nitrogens with zero attached hydrogens (tertiary/aromatic N) is 3. The molecule has 2 aromatic heterocycles. The van der Waals surface area contributed by atoms with Crippen LogP contribution < -0.4 is 4.74 Å². The number of hydrogen-bond acceptors (Lipinski definition) is 5. The molecule has 2 bridgehead atoms. The van der Waals surface area contributed by atoms with Crippen molar-refractivity contribution in [3.05, 3.63) is 48.8 Å². The third kappa shape index (κ3) is 4.00. The fourth-order valence-corrected chi connectivity index (χ4v) is 6.28. The zero-order valence-corrected chi connectivity index (χ0v) is 20.0. The van der Waals surface area contributed by atoms with Crippen LogP contribution in [0.1, 0.15) is 32.1 Å². The highest BCUT2D eigenvalue weighted by atomic mass is 32.2. The van der Waals surface area contributed by atoms with Crippen molar-refractivity contribution in [1.82, 2.24) is 14.5 Å². The molecule has 2 unspecified atom stereocenters. The highest BCUT2D eigenvalue weighted by Gasteiger charge is 2.65. The quantitative estimate of drug-likeness (QED) is 0.484. The topological polar surface area (TPSA) is 64.4 Å². The first-order chi connectivity index (χ1) is 16.5. The van der Waals surface area contributed by atoms with E-state index < -0.39 is 21.4 Å². The molecule has 0 amide bonds. The minimum absolute atomic E-state index is 0.0227. The standard InChI is InChI=1S/C25H26F3N3O3S/c1-35(32,33)21-3-4-22-16(10-21)6-9-30(22)23-5-2-19(14-29-23)34-20-12-17-11-18(13-20)31(17)15-24(7-8-24)25(26,27)28/h2-6,9-10,14,17-18,20H,7-8,11-13,15H2,1H3. The number of piperidine rings is 1. The van der Waals surface area contributed by atoms with Crippen molar-refractivity contribution >= 4 is 20.7 Å². The molecule has 2 aliphatic heterocycles. The molecule has 2 saturated heterocycles. The molecule has 2 aliphatic carbocycles. The van der Waals surface area contributed by atoms with Crippen LogP contribution in [0.4, 0.5) is 13.2 Å². The Bertz CT molecular complexity index is 1370. The van der Waals surface area contributed by atoms with Gasteiger partial charge in [-0.1, -0.05) is 0 Å². The molecule has 4 aliphatic rings. The molecule has 6 nitrogen and oxygen atoms in total. The molecule has 4 fully saturated rings. The summed E-state index contributed by atoms with van der Waals surface area (Å²) >= 11 is 0. The van der Waals surface area contributed by atoms with Crippen molar-refractivity contribution in [3.63, 3.8) is 0 Å². The zero-order chi connectivity index (χ0) is 24.6. The van der Waals surface area contributed by atoms with Crippen LogP contribution in [0, 0.1) is 5.41 Å². The highest BCUT2D eigenvalue weighted by molar-refractivity contribution is 7.90. The van der Waals surface area contributed by atoms with E-state index in [0.29, 0.717) is 11.6 Å². The minimum atomic E-state index is -4.11. The van der Waals surface area contributed by atoms with Gasteiger partial charge in [0, 0.05) is 36.5 Å². The van der Waals surface area contributed by atoms with E-state index in [1.807, 2.05) is 33.9 Å². The van der Waals surface area contributed by atoms with Crippen molar-refractivity contribution < 1.29 is 26.3 Å². The van der Waals surface area contributed by atoms with Gasteiger partial charge in [-0.15, -0.1) is 0 Å². The van der Waals surface area contributed by atoms with Crippen LogP contribution in [0.3, 0.4) is 0 Å². The third-order valence-electron chi connectivity index (χ3n) is 7.85. The normalized spacial score (nSPS) is 25.9. The molecule has 0 N–H and O–H groups in total. The predicted molar refractivity (Wildman–Crippen MR) is 124 cm³/mol. The Balaban J connectivity index is 1.11. The molecule has 0 radical (unpaired) electrons. The number of alkyl halides is 3. The van der Waals surface area contributed by atoms with Crippen LogP contribution in [0.25, 0.3) is 16.7 Å². The van der Waals surface area contributed by atoms with E-state index in [-0.39, 0.29) is 42.5 Å². The summed E-state index contributed by atoms with van der Waals surface area (Å²) in [5.74, 6) is 1.32. The summed E-state index contributed by atoms with van der Waals surface area (Å²) < 4.78 is 71.7. The van der Waals surface area contributed by atoms with E-state index in [9.17, 15) is 21.6 Å². The van der Waals surface area contributed by atoms with Crippen molar-refractivity contribution in [2.24, 2.45) is 5.41 Å². The molecule has 0 spiro atoms. The Kier molecular flexibility index (Phi) is 5.03. The van der Waals surface area contributed by atoms with Gasteiger partial charge in [0.1, 0.15) is 17.7 Å². The SMILES string of the molecule is CS(=O)(=O)c1ccc2c(ccn2-c2ccc(OC3CC4CC(C3)N4CC3(C(F)(F)F)CC3)cn2)c1. The van der Waals surface area contributed by atoms with Gasteiger partial charge in [0.15, 0.2) is 9.84 Å². The van der Waals surface area contributed by atoms with Gasteiger partial charge in [-0.2, -0.15) is 13.2 Å². The number of pyridine rings is 1. The van der Waals surface area contributed by atoms with E-state index in [1.54, 1.807) is 24.4 Å². The highest BCUT2D eigenvalue weighted by Crippen LogP contribution is 2.59. The van der Waals surface area contributed by atoms with Crippen molar-refractivity contribution in [2.45, 2.75) is 61.4 Å². The van der Waals surface area contributed by atoms with Gasteiger partial charge in [-0.05, 0) is 68.5 Å². The number of ether oxygens (including phenoxy) is 1. The summed E-state index contributed by atoms with van der Waals surface area (Å²) in [5.41, 5.74) is -0.634. The fraction of sp³-hybridized carbons (Fsp3) is 0.480. The van der Waals surface area contributed by atoms with Gasteiger partial charge < -0.3 is 9.30 Å². The van der Waals surface area contributed by atoms with Crippen molar-refractivity contribution in [3.8, 4) is 11.6 Å². The summed E-state index contributed by atoms with van der Waals surface area (Å²) in [6, 6.07) is 10.9. The second-order valence-electron chi connectivity index (χ2n) is 10.2.